The number of aryl methyl sites for hydroxylation is 1. The summed E-state index contributed by atoms with van der Waals surface area (Å²) in [6, 6.07) is 12.3. The first-order valence-corrected chi connectivity index (χ1v) is 10.2. The molecule has 30 heavy (non-hydrogen) atoms. The van der Waals surface area contributed by atoms with E-state index in [1.54, 1.807) is 11.0 Å². The van der Waals surface area contributed by atoms with Gasteiger partial charge in [-0.15, -0.1) is 0 Å². The average molecular weight is 407 g/mol. The van der Waals surface area contributed by atoms with Gasteiger partial charge in [0.1, 0.15) is 11.5 Å². The van der Waals surface area contributed by atoms with Gasteiger partial charge in [-0.1, -0.05) is 19.9 Å². The minimum atomic E-state index is -0.342. The molecule has 4 rings (SSSR count). The molecule has 0 spiro atoms. The second-order valence-electron chi connectivity index (χ2n) is 8.55. The van der Waals surface area contributed by atoms with Gasteiger partial charge in [-0.2, -0.15) is 5.10 Å². The van der Waals surface area contributed by atoms with Gasteiger partial charge >= 0.3 is 0 Å². The summed E-state index contributed by atoms with van der Waals surface area (Å²) >= 11 is 0. The number of fused-ring (bicyclic) bond motifs is 1. The predicted molar refractivity (Wildman–Crippen MR) is 118 cm³/mol. The predicted octanol–water partition coefficient (Wildman–Crippen LogP) is 4.87. The fraction of sp³-hybridized carbons (Fsp3) is 0.333. The molecule has 5 nitrogen and oxygen atoms in total. The molecule has 1 aromatic heterocycles. The Bertz CT molecular complexity index is 1090. The van der Waals surface area contributed by atoms with E-state index in [2.05, 4.69) is 24.0 Å². The monoisotopic (exact) mass is 406 g/mol. The number of benzene rings is 2. The van der Waals surface area contributed by atoms with Crippen LogP contribution in [0.15, 0.2) is 42.5 Å². The highest BCUT2D eigenvalue weighted by molar-refractivity contribution is 6.10. The van der Waals surface area contributed by atoms with E-state index < -0.39 is 0 Å². The lowest BCUT2D eigenvalue weighted by Gasteiger charge is -2.28. The Morgan fingerprint density at radius 3 is 2.47 bits per heavy atom. The van der Waals surface area contributed by atoms with Crippen molar-refractivity contribution in [2.45, 2.75) is 33.2 Å². The molecule has 1 amide bonds. The number of halogens is 1. The van der Waals surface area contributed by atoms with Gasteiger partial charge in [-0.3, -0.25) is 14.8 Å². The van der Waals surface area contributed by atoms with Crippen LogP contribution in [0.5, 0.6) is 0 Å². The molecule has 156 valence electrons. The Kier molecular flexibility index (Phi) is 5.10. The third-order valence-corrected chi connectivity index (χ3v) is 5.62. The van der Waals surface area contributed by atoms with Crippen molar-refractivity contribution in [3.8, 4) is 0 Å². The molecule has 1 unspecified atom stereocenters. The number of hydrogen-bond acceptors (Lipinski definition) is 3. The maximum absolute atomic E-state index is 13.8. The zero-order valence-electron chi connectivity index (χ0n) is 18.0. The zero-order valence-corrected chi connectivity index (χ0v) is 18.0. The summed E-state index contributed by atoms with van der Waals surface area (Å²) in [5, 5.41) is 7.44. The molecule has 3 aromatic rings. The molecule has 1 atom stereocenters. The molecule has 0 radical (unpaired) electrons. The van der Waals surface area contributed by atoms with E-state index in [0.717, 1.165) is 40.2 Å². The molecular formula is C24H27FN4O. The summed E-state index contributed by atoms with van der Waals surface area (Å²) in [7, 11) is 3.96. The van der Waals surface area contributed by atoms with Crippen LogP contribution >= 0.6 is 0 Å². The highest BCUT2D eigenvalue weighted by atomic mass is 19.1. The van der Waals surface area contributed by atoms with Gasteiger partial charge in [0.05, 0.1) is 11.7 Å². The molecule has 1 aliphatic rings. The SMILES string of the molecule is Cc1cc(F)ccc1C1c2c(CC(C)C)n[nH]c2C(=O)N1c1ccc(N(C)C)cc1. The fourth-order valence-corrected chi connectivity index (χ4v) is 4.17. The number of H-pyrrole nitrogens is 1. The highest BCUT2D eigenvalue weighted by Gasteiger charge is 2.43. The maximum atomic E-state index is 13.8. The van der Waals surface area contributed by atoms with E-state index >= 15 is 0 Å². The third kappa shape index (κ3) is 3.36. The Morgan fingerprint density at radius 2 is 1.87 bits per heavy atom. The fourth-order valence-electron chi connectivity index (χ4n) is 4.17. The first kappa shape index (κ1) is 20.1. The van der Waals surface area contributed by atoms with Gasteiger partial charge in [-0.25, -0.2) is 4.39 Å². The quantitative estimate of drug-likeness (QED) is 0.658. The van der Waals surface area contributed by atoms with E-state index in [4.69, 9.17) is 0 Å². The van der Waals surface area contributed by atoms with Crippen molar-refractivity contribution in [2.75, 3.05) is 23.9 Å². The molecule has 6 heteroatoms. The Labute approximate surface area is 176 Å². The van der Waals surface area contributed by atoms with Crippen LogP contribution in [0.25, 0.3) is 0 Å². The van der Waals surface area contributed by atoms with Crippen LogP contribution in [-0.2, 0) is 6.42 Å². The summed E-state index contributed by atoms with van der Waals surface area (Å²) in [6.45, 7) is 6.15. The number of carbonyl (C=O) groups is 1. The Balaban J connectivity index is 1.88. The topological polar surface area (TPSA) is 52.2 Å². The summed E-state index contributed by atoms with van der Waals surface area (Å²) in [4.78, 5) is 17.3. The normalized spacial score (nSPS) is 15.8. The number of carbonyl (C=O) groups excluding carboxylic acids is 1. The van der Waals surface area contributed by atoms with E-state index in [-0.39, 0.29) is 17.8 Å². The molecule has 0 saturated heterocycles. The summed E-state index contributed by atoms with van der Waals surface area (Å²) in [5.41, 5.74) is 5.91. The number of hydrogen-bond donors (Lipinski definition) is 1. The third-order valence-electron chi connectivity index (χ3n) is 5.62. The van der Waals surface area contributed by atoms with Gasteiger partial charge in [0.25, 0.3) is 5.91 Å². The molecule has 2 heterocycles. The molecule has 1 aliphatic heterocycles. The van der Waals surface area contributed by atoms with Crippen LogP contribution in [-0.4, -0.2) is 30.2 Å². The molecule has 0 aliphatic carbocycles. The van der Waals surface area contributed by atoms with Gasteiger partial charge in [0.15, 0.2) is 0 Å². The first-order chi connectivity index (χ1) is 14.3. The van der Waals surface area contributed by atoms with Crippen LogP contribution in [0, 0.1) is 18.7 Å². The Hall–Kier alpha value is -3.15. The molecular weight excluding hydrogens is 379 g/mol. The van der Waals surface area contributed by atoms with E-state index in [0.29, 0.717) is 11.6 Å². The second-order valence-corrected chi connectivity index (χ2v) is 8.55. The molecule has 2 aromatic carbocycles. The van der Waals surface area contributed by atoms with Crippen molar-refractivity contribution in [1.29, 1.82) is 0 Å². The van der Waals surface area contributed by atoms with E-state index in [1.165, 1.54) is 12.1 Å². The number of anilines is 2. The summed E-state index contributed by atoms with van der Waals surface area (Å²) in [5.74, 6) is 0.00649. The molecule has 1 N–H and O–H groups in total. The Morgan fingerprint density at radius 1 is 1.17 bits per heavy atom. The van der Waals surface area contributed by atoms with Crippen molar-refractivity contribution < 1.29 is 9.18 Å². The standard InChI is InChI=1S/C24H27FN4O/c1-14(2)12-20-21-22(27-26-20)24(30)29(18-9-7-17(8-10-18)28(4)5)23(21)19-11-6-16(25)13-15(19)3/h6-11,13-14,23H,12H2,1-5H3,(H,26,27). The minimum Gasteiger partial charge on any atom is -0.378 e. The lowest BCUT2D eigenvalue weighted by molar-refractivity contribution is 0.0988. The van der Waals surface area contributed by atoms with E-state index in [1.807, 2.05) is 50.2 Å². The smallest absolute Gasteiger partial charge is 0.277 e. The van der Waals surface area contributed by atoms with Gasteiger partial charge in [-0.05, 0) is 66.8 Å². The molecule has 0 saturated carbocycles. The van der Waals surface area contributed by atoms with Gasteiger partial charge < -0.3 is 4.90 Å². The van der Waals surface area contributed by atoms with Crippen molar-refractivity contribution in [1.82, 2.24) is 10.2 Å². The second kappa shape index (κ2) is 7.59. The van der Waals surface area contributed by atoms with E-state index in [9.17, 15) is 9.18 Å². The van der Waals surface area contributed by atoms with Crippen LogP contribution in [0.1, 0.15) is 52.8 Å². The van der Waals surface area contributed by atoms with Gasteiger partial charge in [0.2, 0.25) is 0 Å². The van der Waals surface area contributed by atoms with Crippen LogP contribution in [0.2, 0.25) is 0 Å². The van der Waals surface area contributed by atoms with Crippen molar-refractivity contribution >= 4 is 17.3 Å². The lowest BCUT2D eigenvalue weighted by atomic mass is 9.92. The highest BCUT2D eigenvalue weighted by Crippen LogP contribution is 2.44. The first-order valence-electron chi connectivity index (χ1n) is 10.2. The number of rotatable bonds is 5. The molecule has 0 fully saturated rings. The molecule has 0 bridgehead atoms. The number of nitrogens with one attached hydrogen (secondary N) is 1. The van der Waals surface area contributed by atoms with Crippen LogP contribution in [0.4, 0.5) is 15.8 Å². The minimum absolute atomic E-state index is 0.112. The largest absolute Gasteiger partial charge is 0.378 e. The summed E-state index contributed by atoms with van der Waals surface area (Å²) in [6.07, 6.45) is 0.767. The number of aromatic nitrogens is 2. The average Bonchev–Trinajstić information content (AvgIpc) is 3.21. The zero-order chi connectivity index (χ0) is 21.6. The van der Waals surface area contributed by atoms with Gasteiger partial charge in [0, 0.05) is 31.0 Å². The number of aromatic amines is 1. The summed E-state index contributed by atoms with van der Waals surface area (Å²) < 4.78 is 13.8. The lowest BCUT2D eigenvalue weighted by Crippen LogP contribution is -2.30. The van der Waals surface area contributed by atoms with Crippen LogP contribution < -0.4 is 9.80 Å². The van der Waals surface area contributed by atoms with Crippen molar-refractivity contribution in [2.24, 2.45) is 5.92 Å². The number of nitrogens with zero attached hydrogens (tertiary/aromatic N) is 3. The maximum Gasteiger partial charge on any atom is 0.277 e. The van der Waals surface area contributed by atoms with Crippen LogP contribution in [0.3, 0.4) is 0 Å². The number of amides is 1. The van der Waals surface area contributed by atoms with Crippen molar-refractivity contribution in [3.05, 3.63) is 76.4 Å². The van der Waals surface area contributed by atoms with Crippen molar-refractivity contribution in [3.63, 3.8) is 0 Å².